The molecule has 3 aromatic rings. The van der Waals surface area contributed by atoms with Crippen molar-refractivity contribution in [2.24, 2.45) is 7.05 Å². The van der Waals surface area contributed by atoms with Crippen molar-refractivity contribution in [2.45, 2.75) is 6.54 Å². The number of fused-ring (bicyclic) bond motifs is 1. The molecular formula is C15H14Br2ClN3O. The molecule has 0 bridgehead atoms. The van der Waals surface area contributed by atoms with Gasteiger partial charge in [0.2, 0.25) is 5.95 Å². The van der Waals surface area contributed by atoms with Crippen LogP contribution in [0, 0.1) is 0 Å². The lowest BCUT2D eigenvalue weighted by molar-refractivity contribution is 0.465. The fraction of sp³-hybridized carbons (Fsp3) is 0.133. The fourth-order valence-electron chi connectivity index (χ4n) is 2.23. The van der Waals surface area contributed by atoms with Crippen molar-refractivity contribution in [3.05, 3.63) is 50.9 Å². The molecule has 0 saturated heterocycles. The van der Waals surface area contributed by atoms with Crippen LogP contribution in [0.3, 0.4) is 0 Å². The number of rotatable bonds is 3. The minimum atomic E-state index is 0. The molecule has 0 radical (unpaired) electrons. The topological polar surface area (TPSA) is 50.1 Å². The van der Waals surface area contributed by atoms with E-state index < -0.39 is 0 Å². The van der Waals surface area contributed by atoms with Gasteiger partial charge in [-0.05, 0) is 40.2 Å². The van der Waals surface area contributed by atoms with E-state index >= 15 is 0 Å². The first-order valence-electron chi connectivity index (χ1n) is 6.38. The molecule has 0 amide bonds. The second-order valence-electron chi connectivity index (χ2n) is 4.73. The van der Waals surface area contributed by atoms with Crippen LogP contribution in [0.5, 0.6) is 5.75 Å². The van der Waals surface area contributed by atoms with E-state index in [4.69, 9.17) is 0 Å². The highest BCUT2D eigenvalue weighted by molar-refractivity contribution is 9.11. The molecule has 0 aliphatic carbocycles. The quantitative estimate of drug-likeness (QED) is 0.604. The molecule has 7 heteroatoms. The van der Waals surface area contributed by atoms with Crippen LogP contribution in [-0.2, 0) is 13.6 Å². The molecule has 0 saturated carbocycles. The van der Waals surface area contributed by atoms with E-state index in [1.165, 1.54) is 0 Å². The van der Waals surface area contributed by atoms with Gasteiger partial charge in [-0.15, -0.1) is 12.4 Å². The number of imidazole rings is 1. The number of benzene rings is 2. The smallest absolute Gasteiger partial charge is 0.203 e. The van der Waals surface area contributed by atoms with Crippen LogP contribution in [0.1, 0.15) is 5.56 Å². The van der Waals surface area contributed by atoms with Gasteiger partial charge in [-0.2, -0.15) is 0 Å². The molecule has 0 fully saturated rings. The molecule has 0 aliphatic rings. The van der Waals surface area contributed by atoms with E-state index in [0.29, 0.717) is 11.0 Å². The van der Waals surface area contributed by atoms with Gasteiger partial charge < -0.3 is 15.0 Å². The van der Waals surface area contributed by atoms with Gasteiger partial charge in [-0.25, -0.2) is 4.98 Å². The maximum atomic E-state index is 10.1. The molecule has 0 atom stereocenters. The van der Waals surface area contributed by atoms with Gasteiger partial charge in [0.1, 0.15) is 5.75 Å². The first kappa shape index (κ1) is 17.1. The van der Waals surface area contributed by atoms with E-state index in [1.54, 1.807) is 0 Å². The summed E-state index contributed by atoms with van der Waals surface area (Å²) in [6.45, 7) is 0.487. The third-order valence-electron chi connectivity index (χ3n) is 3.33. The minimum Gasteiger partial charge on any atom is -0.506 e. The van der Waals surface area contributed by atoms with E-state index in [9.17, 15) is 5.11 Å². The number of phenols is 1. The zero-order valence-electron chi connectivity index (χ0n) is 11.7. The molecule has 3 rings (SSSR count). The fourth-order valence-corrected chi connectivity index (χ4v) is 3.55. The standard InChI is InChI=1S/C15H13Br2N3O.ClH/c1-20-13-5-3-2-4-12(13)19-15(20)18-8-9-6-10(16)7-11(17)14(9)21;/h2-7,21H,8H2,1H3,(H,18,19);1H. The monoisotopic (exact) mass is 445 g/mol. The van der Waals surface area contributed by atoms with Crippen LogP contribution < -0.4 is 5.32 Å². The summed E-state index contributed by atoms with van der Waals surface area (Å²) < 4.78 is 3.58. The number of halogens is 3. The summed E-state index contributed by atoms with van der Waals surface area (Å²) in [7, 11) is 1.97. The average molecular weight is 448 g/mol. The number of hydrogen-bond donors (Lipinski definition) is 2. The summed E-state index contributed by atoms with van der Waals surface area (Å²) in [5.41, 5.74) is 2.81. The normalized spacial score (nSPS) is 10.5. The molecule has 4 nitrogen and oxygen atoms in total. The minimum absolute atomic E-state index is 0. The Labute approximate surface area is 151 Å². The van der Waals surface area contributed by atoms with Crippen LogP contribution in [0.15, 0.2) is 45.3 Å². The van der Waals surface area contributed by atoms with Gasteiger partial charge in [-0.3, -0.25) is 0 Å². The summed E-state index contributed by atoms with van der Waals surface area (Å²) in [6.07, 6.45) is 0. The van der Waals surface area contributed by atoms with Crippen molar-refractivity contribution in [3.8, 4) is 5.75 Å². The third-order valence-corrected chi connectivity index (χ3v) is 4.39. The number of nitrogens with one attached hydrogen (secondary N) is 1. The first-order valence-corrected chi connectivity index (χ1v) is 7.97. The van der Waals surface area contributed by atoms with Crippen molar-refractivity contribution in [1.82, 2.24) is 9.55 Å². The molecule has 116 valence electrons. The molecular weight excluding hydrogens is 433 g/mol. The Kier molecular flexibility index (Phi) is 5.36. The molecule has 2 N–H and O–H groups in total. The maximum Gasteiger partial charge on any atom is 0.203 e. The molecule has 2 aromatic carbocycles. The van der Waals surface area contributed by atoms with Crippen molar-refractivity contribution >= 4 is 61.2 Å². The number of para-hydroxylation sites is 2. The van der Waals surface area contributed by atoms with E-state index in [0.717, 1.165) is 27.0 Å². The van der Waals surface area contributed by atoms with E-state index in [-0.39, 0.29) is 18.2 Å². The van der Waals surface area contributed by atoms with Crippen LogP contribution >= 0.6 is 44.3 Å². The predicted molar refractivity (Wildman–Crippen MR) is 98.8 cm³/mol. The Morgan fingerprint density at radius 2 is 1.95 bits per heavy atom. The summed E-state index contributed by atoms with van der Waals surface area (Å²) in [4.78, 5) is 4.55. The molecule has 1 heterocycles. The lowest BCUT2D eigenvalue weighted by Gasteiger charge is -2.10. The van der Waals surface area contributed by atoms with Crippen LogP contribution in [0.4, 0.5) is 5.95 Å². The molecule has 0 spiro atoms. The number of phenolic OH excluding ortho intramolecular Hbond substituents is 1. The predicted octanol–water partition coefficient (Wildman–Crippen LogP) is 4.84. The van der Waals surface area contributed by atoms with Crippen LogP contribution in [0.25, 0.3) is 11.0 Å². The Hall–Kier alpha value is -1.24. The van der Waals surface area contributed by atoms with Gasteiger partial charge >= 0.3 is 0 Å². The Morgan fingerprint density at radius 1 is 1.23 bits per heavy atom. The summed E-state index contributed by atoms with van der Waals surface area (Å²) >= 11 is 6.76. The SMILES string of the molecule is Cl.Cn1c(NCc2cc(Br)cc(Br)c2O)nc2ccccc21. The van der Waals surface area contributed by atoms with Crippen LogP contribution in [0.2, 0.25) is 0 Å². The van der Waals surface area contributed by atoms with Crippen LogP contribution in [-0.4, -0.2) is 14.7 Å². The zero-order chi connectivity index (χ0) is 15.0. The molecule has 0 unspecified atom stereocenters. The lowest BCUT2D eigenvalue weighted by Crippen LogP contribution is -2.05. The number of aryl methyl sites for hydroxylation is 1. The molecule has 1 aromatic heterocycles. The Morgan fingerprint density at radius 3 is 2.68 bits per heavy atom. The highest BCUT2D eigenvalue weighted by Crippen LogP contribution is 2.32. The lowest BCUT2D eigenvalue weighted by atomic mass is 10.2. The van der Waals surface area contributed by atoms with Crippen molar-refractivity contribution in [2.75, 3.05) is 5.32 Å². The van der Waals surface area contributed by atoms with Gasteiger partial charge in [-0.1, -0.05) is 28.1 Å². The second kappa shape index (κ2) is 6.89. The van der Waals surface area contributed by atoms with Crippen molar-refractivity contribution < 1.29 is 5.11 Å². The van der Waals surface area contributed by atoms with Crippen molar-refractivity contribution in [3.63, 3.8) is 0 Å². The number of aromatic hydroxyl groups is 1. The number of aromatic nitrogens is 2. The number of nitrogens with zero attached hydrogens (tertiary/aromatic N) is 2. The first-order chi connectivity index (χ1) is 10.1. The Bertz CT molecular complexity index is 820. The van der Waals surface area contributed by atoms with Gasteiger partial charge in [0.05, 0.1) is 15.5 Å². The van der Waals surface area contributed by atoms with E-state index in [1.807, 2.05) is 48.0 Å². The van der Waals surface area contributed by atoms with Crippen molar-refractivity contribution in [1.29, 1.82) is 0 Å². The summed E-state index contributed by atoms with van der Waals surface area (Å²) in [5.74, 6) is 1.01. The second-order valence-corrected chi connectivity index (χ2v) is 6.50. The molecule has 22 heavy (non-hydrogen) atoms. The third kappa shape index (κ3) is 3.24. The van der Waals surface area contributed by atoms with Gasteiger partial charge in [0, 0.05) is 23.6 Å². The largest absolute Gasteiger partial charge is 0.506 e. The zero-order valence-corrected chi connectivity index (χ0v) is 15.7. The number of hydrogen-bond acceptors (Lipinski definition) is 3. The Balaban J connectivity index is 0.00000176. The highest BCUT2D eigenvalue weighted by atomic mass is 79.9. The summed E-state index contributed by atoms with van der Waals surface area (Å²) in [6, 6.07) is 11.7. The maximum absolute atomic E-state index is 10.1. The average Bonchev–Trinajstić information content (AvgIpc) is 2.78. The highest BCUT2D eigenvalue weighted by Gasteiger charge is 2.10. The van der Waals surface area contributed by atoms with E-state index in [2.05, 4.69) is 42.2 Å². The summed E-state index contributed by atoms with van der Waals surface area (Å²) in [5, 5.41) is 13.3. The molecule has 0 aliphatic heterocycles. The van der Waals surface area contributed by atoms with Gasteiger partial charge in [0.15, 0.2) is 0 Å². The number of anilines is 1. The van der Waals surface area contributed by atoms with Gasteiger partial charge in [0.25, 0.3) is 0 Å².